The van der Waals surface area contributed by atoms with Crippen LogP contribution in [0.4, 0.5) is 0 Å². The number of aromatic amines is 1. The van der Waals surface area contributed by atoms with Gasteiger partial charge in [0.25, 0.3) is 0 Å². The molecule has 1 aromatic rings. The Balaban J connectivity index is 2.13. The molecular weight excluding hydrogens is 218 g/mol. The lowest BCUT2D eigenvalue weighted by molar-refractivity contribution is -0.138. The lowest BCUT2D eigenvalue weighted by Crippen LogP contribution is -2.32. The van der Waals surface area contributed by atoms with Crippen LogP contribution >= 0.6 is 0 Å². The average Bonchev–Trinajstić information content (AvgIpc) is 2.60. The largest absolute Gasteiger partial charge is 0.480 e. The van der Waals surface area contributed by atoms with Crippen LogP contribution in [0.2, 0.25) is 0 Å². The van der Waals surface area contributed by atoms with Crippen LogP contribution in [0.25, 0.3) is 0 Å². The van der Waals surface area contributed by atoms with Gasteiger partial charge in [-0.1, -0.05) is 13.8 Å². The molecule has 0 spiro atoms. The maximum absolute atomic E-state index is 10.7. The minimum absolute atomic E-state index is 0.269. The molecule has 0 aliphatic heterocycles. The lowest BCUT2D eigenvalue weighted by Gasteiger charge is -2.24. The molecule has 0 bridgehead atoms. The fourth-order valence-corrected chi connectivity index (χ4v) is 2.26. The Morgan fingerprint density at radius 1 is 1.53 bits per heavy atom. The fraction of sp³-hybridized carbons (Fsp3) is 0.667. The van der Waals surface area contributed by atoms with Gasteiger partial charge in [0.1, 0.15) is 11.9 Å². The van der Waals surface area contributed by atoms with Crippen molar-refractivity contribution in [3.8, 4) is 0 Å². The van der Waals surface area contributed by atoms with Crippen molar-refractivity contribution in [2.75, 3.05) is 0 Å². The van der Waals surface area contributed by atoms with Crippen LogP contribution in [-0.4, -0.2) is 27.1 Å². The van der Waals surface area contributed by atoms with E-state index in [1.165, 1.54) is 0 Å². The number of hydrogen-bond donors (Lipinski definition) is 3. The Kier molecular flexibility index (Phi) is 3.19. The summed E-state index contributed by atoms with van der Waals surface area (Å²) in [5.74, 6) is 0.989. The smallest absolute Gasteiger partial charge is 0.320 e. The molecule has 5 heteroatoms. The third kappa shape index (κ3) is 2.49. The zero-order valence-corrected chi connectivity index (χ0v) is 10.2. The number of carboxylic acids is 1. The molecule has 1 heterocycles. The summed E-state index contributed by atoms with van der Waals surface area (Å²) >= 11 is 0. The fourth-order valence-electron chi connectivity index (χ4n) is 2.26. The molecule has 0 saturated heterocycles. The van der Waals surface area contributed by atoms with Gasteiger partial charge in [0, 0.05) is 12.1 Å². The van der Waals surface area contributed by atoms with Crippen molar-refractivity contribution in [2.45, 2.75) is 39.2 Å². The molecule has 94 valence electrons. The molecule has 0 radical (unpaired) electrons. The second-order valence-corrected chi connectivity index (χ2v) is 5.12. The van der Waals surface area contributed by atoms with Crippen LogP contribution in [0.1, 0.15) is 31.1 Å². The van der Waals surface area contributed by atoms with E-state index >= 15 is 0 Å². The third-order valence-electron chi connectivity index (χ3n) is 3.66. The van der Waals surface area contributed by atoms with Gasteiger partial charge in [0.2, 0.25) is 0 Å². The number of carboxylic acid groups (broad SMARTS) is 1. The number of rotatable bonds is 3. The van der Waals surface area contributed by atoms with E-state index in [1.807, 2.05) is 0 Å². The zero-order valence-electron chi connectivity index (χ0n) is 10.2. The number of aromatic nitrogens is 2. The molecule has 5 nitrogen and oxygen atoms in total. The number of nitrogens with zero attached hydrogens (tertiary/aromatic N) is 1. The summed E-state index contributed by atoms with van der Waals surface area (Å²) < 4.78 is 0. The van der Waals surface area contributed by atoms with E-state index < -0.39 is 12.0 Å². The SMILES string of the molecule is CC1Cc2nc(C[C@@H](N)C(=O)O)[nH]c2CC1C. The third-order valence-corrected chi connectivity index (χ3v) is 3.66. The molecule has 0 fully saturated rings. The van der Waals surface area contributed by atoms with Crippen LogP contribution < -0.4 is 5.73 Å². The normalized spacial score (nSPS) is 25.4. The van der Waals surface area contributed by atoms with Gasteiger partial charge in [-0.15, -0.1) is 0 Å². The van der Waals surface area contributed by atoms with Gasteiger partial charge >= 0.3 is 5.97 Å². The lowest BCUT2D eigenvalue weighted by atomic mass is 9.82. The average molecular weight is 237 g/mol. The Morgan fingerprint density at radius 3 is 2.82 bits per heavy atom. The summed E-state index contributed by atoms with van der Waals surface area (Å²) in [6.45, 7) is 4.46. The van der Waals surface area contributed by atoms with Gasteiger partial charge in [-0.05, 0) is 24.7 Å². The number of carbonyl (C=O) groups is 1. The highest BCUT2D eigenvalue weighted by molar-refractivity contribution is 5.73. The van der Waals surface area contributed by atoms with Crippen molar-refractivity contribution in [3.63, 3.8) is 0 Å². The molecule has 17 heavy (non-hydrogen) atoms. The standard InChI is InChI=1S/C12H19N3O2/c1-6-3-9-10(4-7(6)2)15-11(14-9)5-8(13)12(16)17/h6-8H,3-5,13H2,1-2H3,(H,14,15)(H,16,17)/t6?,7?,8-/m1/s1. The molecule has 2 unspecified atom stereocenters. The van der Waals surface area contributed by atoms with Gasteiger partial charge in [0.05, 0.1) is 5.69 Å². The summed E-state index contributed by atoms with van der Waals surface area (Å²) in [6, 6.07) is -0.877. The first-order valence-corrected chi connectivity index (χ1v) is 6.02. The Morgan fingerprint density at radius 2 is 2.18 bits per heavy atom. The number of aliphatic carboxylic acids is 1. The molecule has 4 N–H and O–H groups in total. The minimum atomic E-state index is -0.985. The summed E-state index contributed by atoms with van der Waals surface area (Å²) in [6.07, 6.45) is 2.23. The molecule has 3 atom stereocenters. The quantitative estimate of drug-likeness (QED) is 0.722. The number of H-pyrrole nitrogens is 1. The summed E-state index contributed by atoms with van der Waals surface area (Å²) in [5, 5.41) is 8.76. The van der Waals surface area contributed by atoms with E-state index in [1.54, 1.807) is 0 Å². The van der Waals surface area contributed by atoms with Crippen LogP contribution in [0, 0.1) is 11.8 Å². The van der Waals surface area contributed by atoms with E-state index in [0.717, 1.165) is 24.2 Å². The van der Waals surface area contributed by atoms with E-state index in [4.69, 9.17) is 10.8 Å². The number of nitrogens with two attached hydrogens (primary N) is 1. The predicted molar refractivity (Wildman–Crippen MR) is 63.6 cm³/mol. The Labute approximate surface area is 100 Å². The second-order valence-electron chi connectivity index (χ2n) is 5.12. The zero-order chi connectivity index (χ0) is 12.6. The first-order valence-electron chi connectivity index (χ1n) is 6.02. The molecule has 0 saturated carbocycles. The monoisotopic (exact) mass is 237 g/mol. The number of imidazole rings is 1. The highest BCUT2D eigenvalue weighted by Crippen LogP contribution is 2.28. The summed E-state index contributed by atoms with van der Waals surface area (Å²) in [4.78, 5) is 18.4. The molecular formula is C12H19N3O2. The van der Waals surface area contributed by atoms with Crippen molar-refractivity contribution >= 4 is 5.97 Å². The number of fused-ring (bicyclic) bond motifs is 1. The van der Waals surface area contributed by atoms with Crippen molar-refractivity contribution in [1.82, 2.24) is 9.97 Å². The first kappa shape index (κ1) is 12.1. The van der Waals surface area contributed by atoms with E-state index in [0.29, 0.717) is 17.7 Å². The predicted octanol–water partition coefficient (Wildman–Crippen LogP) is 0.735. The van der Waals surface area contributed by atoms with Gasteiger partial charge in [-0.2, -0.15) is 0 Å². The van der Waals surface area contributed by atoms with Crippen molar-refractivity contribution in [3.05, 3.63) is 17.2 Å². The van der Waals surface area contributed by atoms with E-state index in [9.17, 15) is 4.79 Å². The van der Waals surface area contributed by atoms with Crippen LogP contribution in [-0.2, 0) is 24.1 Å². The van der Waals surface area contributed by atoms with E-state index in [-0.39, 0.29) is 6.42 Å². The highest BCUT2D eigenvalue weighted by Gasteiger charge is 2.25. The van der Waals surface area contributed by atoms with Crippen molar-refractivity contribution in [1.29, 1.82) is 0 Å². The molecule has 1 aliphatic carbocycles. The van der Waals surface area contributed by atoms with Gasteiger partial charge in [-0.3, -0.25) is 4.79 Å². The van der Waals surface area contributed by atoms with Crippen molar-refractivity contribution in [2.24, 2.45) is 17.6 Å². The summed E-state index contributed by atoms with van der Waals surface area (Å²) in [7, 11) is 0. The van der Waals surface area contributed by atoms with Crippen LogP contribution in [0.3, 0.4) is 0 Å². The maximum Gasteiger partial charge on any atom is 0.320 e. The van der Waals surface area contributed by atoms with E-state index in [2.05, 4.69) is 23.8 Å². The first-order chi connectivity index (χ1) is 7.97. The molecule has 0 amide bonds. The molecule has 1 aliphatic rings. The Bertz CT molecular complexity index is 400. The number of hydrogen-bond acceptors (Lipinski definition) is 3. The van der Waals surface area contributed by atoms with Gasteiger partial charge in [0.15, 0.2) is 0 Å². The molecule has 1 aromatic heterocycles. The van der Waals surface area contributed by atoms with Crippen LogP contribution in [0.5, 0.6) is 0 Å². The van der Waals surface area contributed by atoms with Crippen molar-refractivity contribution < 1.29 is 9.90 Å². The summed E-state index contributed by atoms with van der Waals surface area (Å²) in [5.41, 5.74) is 7.74. The Hall–Kier alpha value is -1.36. The minimum Gasteiger partial charge on any atom is -0.480 e. The maximum atomic E-state index is 10.7. The van der Waals surface area contributed by atoms with Crippen LogP contribution in [0.15, 0.2) is 0 Å². The van der Waals surface area contributed by atoms with Gasteiger partial charge < -0.3 is 15.8 Å². The number of nitrogens with one attached hydrogen (secondary N) is 1. The molecule has 0 aromatic carbocycles. The molecule has 2 rings (SSSR count). The highest BCUT2D eigenvalue weighted by atomic mass is 16.4. The van der Waals surface area contributed by atoms with Gasteiger partial charge in [-0.25, -0.2) is 4.98 Å². The second kappa shape index (κ2) is 4.49. The topological polar surface area (TPSA) is 92.0 Å².